The molecule has 0 unspecified atom stereocenters. The fourth-order valence-corrected chi connectivity index (χ4v) is 3.76. The lowest BCUT2D eigenvalue weighted by molar-refractivity contribution is -0.132. The van der Waals surface area contributed by atoms with E-state index in [-0.39, 0.29) is 30.8 Å². The van der Waals surface area contributed by atoms with Gasteiger partial charge in [0.15, 0.2) is 0 Å². The Kier molecular flexibility index (Phi) is 4.10. The highest BCUT2D eigenvalue weighted by Gasteiger charge is 2.32. The molecule has 1 N–H and O–H groups in total. The summed E-state index contributed by atoms with van der Waals surface area (Å²) in [7, 11) is 0. The van der Waals surface area contributed by atoms with Gasteiger partial charge in [-0.05, 0) is 19.8 Å². The zero-order chi connectivity index (χ0) is 15.7. The molecular weight excluding hydrogens is 304 g/mol. The van der Waals surface area contributed by atoms with Crippen molar-refractivity contribution in [2.75, 3.05) is 26.2 Å². The summed E-state index contributed by atoms with van der Waals surface area (Å²) < 4.78 is 0. The molecule has 0 bridgehead atoms. The van der Waals surface area contributed by atoms with Gasteiger partial charge in [0.25, 0.3) is 0 Å². The number of carbonyl (C=O) groups is 3. The van der Waals surface area contributed by atoms with Crippen molar-refractivity contribution in [3.63, 3.8) is 0 Å². The minimum absolute atomic E-state index is 0.0342. The summed E-state index contributed by atoms with van der Waals surface area (Å²) in [5, 5.41) is 5.28. The quantitative estimate of drug-likeness (QED) is 0.831. The second-order valence-electron chi connectivity index (χ2n) is 5.72. The molecule has 0 spiro atoms. The SMILES string of the molecule is Cc1csc([C@@H]2CCCN(C(=O)CN3CC(=O)NC3=O)C2)n1. The Labute approximate surface area is 132 Å². The lowest BCUT2D eigenvalue weighted by Gasteiger charge is -2.32. The van der Waals surface area contributed by atoms with Gasteiger partial charge in [0.05, 0.1) is 5.01 Å². The third-order valence-corrected chi connectivity index (χ3v) is 5.08. The molecule has 3 rings (SSSR count). The Balaban J connectivity index is 1.60. The highest BCUT2D eigenvalue weighted by Crippen LogP contribution is 2.29. The Bertz CT molecular complexity index is 615. The van der Waals surface area contributed by atoms with Crippen LogP contribution in [0, 0.1) is 6.92 Å². The molecule has 0 aliphatic carbocycles. The number of thiazole rings is 1. The van der Waals surface area contributed by atoms with Gasteiger partial charge in [-0.2, -0.15) is 0 Å². The molecule has 0 saturated carbocycles. The second-order valence-corrected chi connectivity index (χ2v) is 6.61. The predicted octanol–water partition coefficient (Wildman–Crippen LogP) is 0.709. The van der Waals surface area contributed by atoms with E-state index in [0.29, 0.717) is 13.1 Å². The van der Waals surface area contributed by atoms with Crippen LogP contribution in [0.15, 0.2) is 5.38 Å². The molecule has 8 heteroatoms. The van der Waals surface area contributed by atoms with Crippen LogP contribution in [0.25, 0.3) is 0 Å². The third-order valence-electron chi connectivity index (χ3n) is 3.95. The van der Waals surface area contributed by atoms with Gasteiger partial charge < -0.3 is 9.80 Å². The highest BCUT2D eigenvalue weighted by molar-refractivity contribution is 7.09. The largest absolute Gasteiger partial charge is 0.340 e. The number of likely N-dealkylation sites (tertiary alicyclic amines) is 1. The van der Waals surface area contributed by atoms with E-state index in [1.54, 1.807) is 16.2 Å². The molecule has 4 amide bonds. The molecule has 1 aromatic heterocycles. The van der Waals surface area contributed by atoms with Gasteiger partial charge in [-0.3, -0.25) is 14.9 Å². The number of rotatable bonds is 3. The van der Waals surface area contributed by atoms with Gasteiger partial charge in [-0.25, -0.2) is 9.78 Å². The van der Waals surface area contributed by atoms with Gasteiger partial charge in [0.2, 0.25) is 11.8 Å². The molecule has 3 heterocycles. The summed E-state index contributed by atoms with van der Waals surface area (Å²) in [6.07, 6.45) is 1.96. The van der Waals surface area contributed by atoms with Crippen LogP contribution in [-0.2, 0) is 9.59 Å². The van der Waals surface area contributed by atoms with E-state index >= 15 is 0 Å². The number of hydrogen-bond acceptors (Lipinski definition) is 5. The standard InChI is InChI=1S/C14H18N4O3S/c1-9-8-22-13(15-9)10-3-2-4-17(5-10)12(20)7-18-6-11(19)16-14(18)21/h8,10H,2-7H2,1H3,(H,16,19,21)/t10-/m1/s1. The first-order valence-corrected chi connectivity index (χ1v) is 8.19. The predicted molar refractivity (Wildman–Crippen MR) is 80.5 cm³/mol. The minimum atomic E-state index is -0.484. The third kappa shape index (κ3) is 3.11. The van der Waals surface area contributed by atoms with Crippen LogP contribution in [0.4, 0.5) is 4.79 Å². The van der Waals surface area contributed by atoms with Crippen LogP contribution >= 0.6 is 11.3 Å². The van der Waals surface area contributed by atoms with E-state index in [4.69, 9.17) is 0 Å². The molecule has 1 atom stereocenters. The van der Waals surface area contributed by atoms with Gasteiger partial charge >= 0.3 is 6.03 Å². The van der Waals surface area contributed by atoms with E-state index in [1.807, 2.05) is 12.3 Å². The molecular formula is C14H18N4O3S. The van der Waals surface area contributed by atoms with E-state index in [9.17, 15) is 14.4 Å². The maximum Gasteiger partial charge on any atom is 0.325 e. The van der Waals surface area contributed by atoms with E-state index in [2.05, 4.69) is 10.3 Å². The van der Waals surface area contributed by atoms with Crippen molar-refractivity contribution in [2.45, 2.75) is 25.7 Å². The number of amides is 4. The first-order chi connectivity index (χ1) is 10.5. The van der Waals surface area contributed by atoms with E-state index in [0.717, 1.165) is 23.5 Å². The number of piperidine rings is 1. The minimum Gasteiger partial charge on any atom is -0.340 e. The molecule has 2 aliphatic rings. The lowest BCUT2D eigenvalue weighted by Crippen LogP contribution is -2.45. The first-order valence-electron chi connectivity index (χ1n) is 7.31. The molecule has 7 nitrogen and oxygen atoms in total. The van der Waals surface area contributed by atoms with Gasteiger partial charge in [0.1, 0.15) is 13.1 Å². The Morgan fingerprint density at radius 3 is 2.95 bits per heavy atom. The molecule has 1 aromatic rings. The first kappa shape index (κ1) is 15.0. The normalized spacial score (nSPS) is 22.1. The van der Waals surface area contributed by atoms with Crippen LogP contribution in [0.3, 0.4) is 0 Å². The van der Waals surface area contributed by atoms with Crippen LogP contribution in [-0.4, -0.2) is 58.8 Å². The maximum absolute atomic E-state index is 12.4. The summed E-state index contributed by atoms with van der Waals surface area (Å²) in [4.78, 5) is 42.6. The zero-order valence-electron chi connectivity index (χ0n) is 12.4. The monoisotopic (exact) mass is 322 g/mol. The Morgan fingerprint density at radius 1 is 1.50 bits per heavy atom. The number of nitrogens with zero attached hydrogens (tertiary/aromatic N) is 3. The Hall–Kier alpha value is -1.96. The topological polar surface area (TPSA) is 82.6 Å². The number of carbonyl (C=O) groups excluding carboxylic acids is 3. The number of imide groups is 1. The van der Waals surface area contributed by atoms with Crippen LogP contribution < -0.4 is 5.32 Å². The number of hydrogen-bond donors (Lipinski definition) is 1. The summed E-state index contributed by atoms with van der Waals surface area (Å²) in [6.45, 7) is 3.22. The van der Waals surface area contributed by atoms with E-state index < -0.39 is 6.03 Å². The number of aromatic nitrogens is 1. The van der Waals surface area contributed by atoms with E-state index in [1.165, 1.54) is 4.90 Å². The zero-order valence-corrected chi connectivity index (χ0v) is 13.2. The molecule has 2 saturated heterocycles. The maximum atomic E-state index is 12.4. The smallest absolute Gasteiger partial charge is 0.325 e. The molecule has 0 radical (unpaired) electrons. The summed E-state index contributed by atoms with van der Waals surface area (Å²) in [5.74, 6) is -0.194. The van der Waals surface area contributed by atoms with Crippen LogP contribution in [0.1, 0.15) is 29.5 Å². The summed E-state index contributed by atoms with van der Waals surface area (Å²) in [6, 6.07) is -0.484. The fraction of sp³-hybridized carbons (Fsp3) is 0.571. The lowest BCUT2D eigenvalue weighted by atomic mass is 9.98. The van der Waals surface area contributed by atoms with Crippen molar-refractivity contribution in [1.29, 1.82) is 0 Å². The summed E-state index contributed by atoms with van der Waals surface area (Å²) in [5.41, 5.74) is 1.01. The van der Waals surface area contributed by atoms with Crippen molar-refractivity contribution >= 4 is 29.2 Å². The van der Waals surface area contributed by atoms with Crippen molar-refractivity contribution < 1.29 is 14.4 Å². The number of nitrogens with one attached hydrogen (secondary N) is 1. The fourth-order valence-electron chi connectivity index (χ4n) is 2.84. The average molecular weight is 322 g/mol. The highest BCUT2D eigenvalue weighted by atomic mass is 32.1. The number of aryl methyl sites for hydroxylation is 1. The van der Waals surface area contributed by atoms with Gasteiger partial charge in [-0.1, -0.05) is 0 Å². The molecule has 118 valence electrons. The second kappa shape index (κ2) is 6.04. The summed E-state index contributed by atoms with van der Waals surface area (Å²) >= 11 is 1.64. The van der Waals surface area contributed by atoms with Crippen molar-refractivity contribution in [3.05, 3.63) is 16.1 Å². The molecule has 2 aliphatic heterocycles. The van der Waals surface area contributed by atoms with Crippen LogP contribution in [0.5, 0.6) is 0 Å². The van der Waals surface area contributed by atoms with Crippen LogP contribution in [0.2, 0.25) is 0 Å². The number of urea groups is 1. The molecule has 0 aromatic carbocycles. The Morgan fingerprint density at radius 2 is 2.32 bits per heavy atom. The average Bonchev–Trinajstić information content (AvgIpc) is 3.05. The van der Waals surface area contributed by atoms with Crippen molar-refractivity contribution in [1.82, 2.24) is 20.1 Å². The molecule has 22 heavy (non-hydrogen) atoms. The van der Waals surface area contributed by atoms with Crippen molar-refractivity contribution in [3.8, 4) is 0 Å². The van der Waals surface area contributed by atoms with Crippen molar-refractivity contribution in [2.24, 2.45) is 0 Å². The van der Waals surface area contributed by atoms with Gasteiger partial charge in [0, 0.05) is 30.1 Å². The van der Waals surface area contributed by atoms with Gasteiger partial charge in [-0.15, -0.1) is 11.3 Å². The molecule has 2 fully saturated rings.